The van der Waals surface area contributed by atoms with Gasteiger partial charge in [-0.1, -0.05) is 0 Å². The van der Waals surface area contributed by atoms with E-state index in [0.717, 1.165) is 0 Å². The third-order valence-corrected chi connectivity index (χ3v) is 4.22. The van der Waals surface area contributed by atoms with Crippen molar-refractivity contribution in [3.63, 3.8) is 0 Å². The van der Waals surface area contributed by atoms with Crippen LogP contribution < -0.4 is 25.5 Å². The summed E-state index contributed by atoms with van der Waals surface area (Å²) in [6.07, 6.45) is 0. The second-order valence-corrected chi connectivity index (χ2v) is 6.02. The Morgan fingerprint density at radius 3 is 1.45 bits per heavy atom. The molecule has 29 heavy (non-hydrogen) atoms. The van der Waals surface area contributed by atoms with Crippen molar-refractivity contribution in [2.45, 2.75) is 0 Å². The zero-order valence-electron chi connectivity index (χ0n) is 15.2. The van der Waals surface area contributed by atoms with E-state index >= 15 is 0 Å². The molecular weight excluding hydrogens is 384 g/mol. The second kappa shape index (κ2) is 6.79. The van der Waals surface area contributed by atoms with Crippen LogP contribution in [0.15, 0.2) is 54.8 Å². The van der Waals surface area contributed by atoms with Crippen molar-refractivity contribution in [2.24, 2.45) is 0 Å². The van der Waals surface area contributed by atoms with E-state index in [4.69, 9.17) is 23.0 Å². The lowest BCUT2D eigenvalue weighted by atomic mass is 10.2. The van der Waals surface area contributed by atoms with Crippen LogP contribution in [-0.4, -0.2) is 24.4 Å². The van der Waals surface area contributed by atoms with E-state index in [9.17, 15) is 19.8 Å². The summed E-state index contributed by atoms with van der Waals surface area (Å²) in [5.41, 5.74) is -1.45. The molecule has 2 aromatic carbocycles. The van der Waals surface area contributed by atoms with Gasteiger partial charge in [0.2, 0.25) is 11.5 Å². The molecule has 2 N–H and O–H groups in total. The lowest BCUT2D eigenvalue weighted by molar-refractivity contribution is 0.356. The van der Waals surface area contributed by atoms with Crippen molar-refractivity contribution in [1.82, 2.24) is 0 Å². The standard InChI is InChI=1S/C20H14O9/c1-25-15-5-9-3-11(21)19(23)28-13(9)7-17(15)27-18-8-14-10(6-16(18)26-2)4-12(22)20(24)29-14/h3-8,21-22H,1-2H3. The summed E-state index contributed by atoms with van der Waals surface area (Å²) in [4.78, 5) is 23.2. The molecule has 0 radical (unpaired) electrons. The first kappa shape index (κ1) is 18.2. The fourth-order valence-electron chi connectivity index (χ4n) is 2.83. The smallest absolute Gasteiger partial charge is 0.378 e. The zero-order valence-corrected chi connectivity index (χ0v) is 15.2. The van der Waals surface area contributed by atoms with E-state index in [1.165, 1.54) is 50.6 Å². The van der Waals surface area contributed by atoms with Gasteiger partial charge >= 0.3 is 11.3 Å². The van der Waals surface area contributed by atoms with Gasteiger partial charge in [-0.25, -0.2) is 9.59 Å². The Morgan fingerprint density at radius 1 is 0.655 bits per heavy atom. The molecule has 0 aliphatic heterocycles. The lowest BCUT2D eigenvalue weighted by Crippen LogP contribution is -1.99. The van der Waals surface area contributed by atoms with E-state index in [0.29, 0.717) is 22.3 Å². The van der Waals surface area contributed by atoms with Gasteiger partial charge in [-0.05, 0) is 24.3 Å². The Labute approximate surface area is 161 Å². The Morgan fingerprint density at radius 2 is 1.07 bits per heavy atom. The summed E-state index contributed by atoms with van der Waals surface area (Å²) in [5.74, 6) is -0.0919. The fourth-order valence-corrected chi connectivity index (χ4v) is 2.83. The molecule has 0 spiro atoms. The molecule has 0 amide bonds. The predicted molar refractivity (Wildman–Crippen MR) is 101 cm³/mol. The highest BCUT2D eigenvalue weighted by Crippen LogP contribution is 2.40. The van der Waals surface area contributed by atoms with Crippen molar-refractivity contribution < 1.29 is 33.3 Å². The molecule has 9 nitrogen and oxygen atoms in total. The topological polar surface area (TPSA) is 129 Å². The number of hydrogen-bond donors (Lipinski definition) is 2. The molecule has 0 aliphatic carbocycles. The average molecular weight is 398 g/mol. The van der Waals surface area contributed by atoms with Crippen molar-refractivity contribution in [3.05, 3.63) is 57.2 Å². The average Bonchev–Trinajstić information content (AvgIpc) is 2.69. The van der Waals surface area contributed by atoms with E-state index < -0.39 is 22.8 Å². The van der Waals surface area contributed by atoms with Gasteiger partial charge in [0, 0.05) is 22.9 Å². The van der Waals surface area contributed by atoms with Crippen LogP contribution in [0.5, 0.6) is 34.5 Å². The first-order valence-corrected chi connectivity index (χ1v) is 8.27. The number of hydrogen-bond acceptors (Lipinski definition) is 9. The summed E-state index contributed by atoms with van der Waals surface area (Å²) < 4.78 is 26.6. The van der Waals surface area contributed by atoms with Gasteiger partial charge in [-0.2, -0.15) is 0 Å². The number of aromatic hydroxyl groups is 2. The highest BCUT2D eigenvalue weighted by atomic mass is 16.5. The number of fused-ring (bicyclic) bond motifs is 2. The molecule has 0 atom stereocenters. The second-order valence-electron chi connectivity index (χ2n) is 6.02. The van der Waals surface area contributed by atoms with Crippen LogP contribution in [-0.2, 0) is 0 Å². The molecule has 2 aromatic heterocycles. The van der Waals surface area contributed by atoms with E-state index in [-0.39, 0.29) is 22.7 Å². The normalized spacial score (nSPS) is 11.0. The maximum Gasteiger partial charge on any atom is 0.378 e. The molecule has 0 aliphatic rings. The Bertz CT molecular complexity index is 1260. The molecule has 148 valence electrons. The monoisotopic (exact) mass is 398 g/mol. The third-order valence-electron chi connectivity index (χ3n) is 4.22. The molecule has 4 rings (SSSR count). The van der Waals surface area contributed by atoms with Gasteiger partial charge in [0.15, 0.2) is 23.0 Å². The van der Waals surface area contributed by atoms with Crippen LogP contribution >= 0.6 is 0 Å². The SMILES string of the molecule is COc1cc2cc(O)c(=O)oc2cc1Oc1cc2oc(=O)c(O)cc2cc1OC. The maximum absolute atomic E-state index is 11.6. The van der Waals surface area contributed by atoms with Crippen LogP contribution in [0, 0.1) is 0 Å². The Kier molecular flexibility index (Phi) is 4.27. The first-order valence-electron chi connectivity index (χ1n) is 8.27. The number of rotatable bonds is 4. The molecule has 0 unspecified atom stereocenters. The summed E-state index contributed by atoms with van der Waals surface area (Å²) in [6.45, 7) is 0. The summed E-state index contributed by atoms with van der Waals surface area (Å²) in [5, 5.41) is 20.0. The summed E-state index contributed by atoms with van der Waals surface area (Å²) >= 11 is 0. The molecule has 0 saturated carbocycles. The van der Waals surface area contributed by atoms with Crippen molar-refractivity contribution in [2.75, 3.05) is 14.2 Å². The van der Waals surface area contributed by atoms with Crippen LogP contribution in [0.25, 0.3) is 21.9 Å². The number of ether oxygens (including phenoxy) is 3. The molecule has 0 fully saturated rings. The quantitative estimate of drug-likeness (QED) is 0.498. The molecule has 9 heteroatoms. The minimum atomic E-state index is -0.890. The van der Waals surface area contributed by atoms with Crippen molar-refractivity contribution >= 4 is 21.9 Å². The first-order chi connectivity index (χ1) is 13.9. The number of methoxy groups -OCH3 is 2. The van der Waals surface area contributed by atoms with Crippen LogP contribution in [0.4, 0.5) is 0 Å². The third kappa shape index (κ3) is 3.18. The predicted octanol–water partition coefficient (Wildman–Crippen LogP) is 3.12. The van der Waals surface area contributed by atoms with Gasteiger partial charge in [-0.3, -0.25) is 0 Å². The molecular formula is C20H14O9. The van der Waals surface area contributed by atoms with Crippen molar-refractivity contribution in [3.8, 4) is 34.5 Å². The fraction of sp³-hybridized carbons (Fsp3) is 0.100. The summed E-state index contributed by atoms with van der Waals surface area (Å²) in [6, 6.07) is 8.41. The molecule has 0 saturated heterocycles. The van der Waals surface area contributed by atoms with Gasteiger partial charge in [0.05, 0.1) is 14.2 Å². The highest BCUT2D eigenvalue weighted by Gasteiger charge is 2.16. The van der Waals surface area contributed by atoms with Gasteiger partial charge in [0.1, 0.15) is 11.2 Å². The zero-order chi connectivity index (χ0) is 20.7. The molecule has 0 bridgehead atoms. The molecule has 2 heterocycles. The Hall–Kier alpha value is -4.14. The number of benzene rings is 2. The molecule has 4 aromatic rings. The minimum Gasteiger partial charge on any atom is -0.502 e. The van der Waals surface area contributed by atoms with E-state index in [1.807, 2.05) is 0 Å². The van der Waals surface area contributed by atoms with E-state index in [2.05, 4.69) is 0 Å². The van der Waals surface area contributed by atoms with Gasteiger partial charge in [-0.15, -0.1) is 0 Å². The summed E-state index contributed by atoms with van der Waals surface area (Å²) in [7, 11) is 2.85. The van der Waals surface area contributed by atoms with Crippen LogP contribution in [0.3, 0.4) is 0 Å². The van der Waals surface area contributed by atoms with Crippen LogP contribution in [0.2, 0.25) is 0 Å². The highest BCUT2D eigenvalue weighted by molar-refractivity contribution is 5.84. The minimum absolute atomic E-state index is 0.166. The lowest BCUT2D eigenvalue weighted by Gasteiger charge is -2.14. The van der Waals surface area contributed by atoms with Gasteiger partial charge < -0.3 is 33.3 Å². The Balaban J connectivity index is 1.88. The van der Waals surface area contributed by atoms with E-state index in [1.54, 1.807) is 0 Å². The van der Waals surface area contributed by atoms with Gasteiger partial charge in [0.25, 0.3) is 0 Å². The largest absolute Gasteiger partial charge is 0.502 e. The van der Waals surface area contributed by atoms with Crippen molar-refractivity contribution in [1.29, 1.82) is 0 Å². The van der Waals surface area contributed by atoms with Crippen LogP contribution in [0.1, 0.15) is 0 Å². The maximum atomic E-state index is 11.6.